The second-order valence-corrected chi connectivity index (χ2v) is 8.23. The molecule has 0 radical (unpaired) electrons. The predicted octanol–water partition coefficient (Wildman–Crippen LogP) is 3.16. The summed E-state index contributed by atoms with van der Waals surface area (Å²) in [7, 11) is 3.34. The summed E-state index contributed by atoms with van der Waals surface area (Å²) in [6.45, 7) is 4.61. The number of hydrogen-bond donors (Lipinski definition) is 2. The van der Waals surface area contributed by atoms with Crippen LogP contribution < -0.4 is 9.47 Å². The number of nitrogens with one attached hydrogen (secondary N) is 1. The van der Waals surface area contributed by atoms with Gasteiger partial charge in [0, 0.05) is 57.0 Å². The molecule has 1 aliphatic rings. The van der Waals surface area contributed by atoms with Crippen LogP contribution in [-0.2, 0) is 13.1 Å². The summed E-state index contributed by atoms with van der Waals surface area (Å²) in [5, 5.41) is 17.2. The lowest BCUT2D eigenvalue weighted by atomic mass is 10.0. The first-order valence-electron chi connectivity index (χ1n) is 11.1. The second kappa shape index (κ2) is 10.6. The molecule has 170 valence electrons. The van der Waals surface area contributed by atoms with E-state index < -0.39 is 0 Å². The Labute approximate surface area is 189 Å². The third-order valence-corrected chi connectivity index (χ3v) is 6.12. The summed E-state index contributed by atoms with van der Waals surface area (Å²) in [4.78, 5) is 4.91. The lowest BCUT2D eigenvalue weighted by Crippen LogP contribution is -2.52. The normalized spacial score (nSPS) is 17.4. The number of ether oxygens (including phenoxy) is 2. The van der Waals surface area contributed by atoms with Gasteiger partial charge in [-0.2, -0.15) is 5.10 Å². The van der Waals surface area contributed by atoms with Crippen molar-refractivity contribution in [3.05, 3.63) is 65.9 Å². The first kappa shape index (κ1) is 22.3. The molecule has 0 amide bonds. The second-order valence-electron chi connectivity index (χ2n) is 8.23. The molecule has 1 aliphatic heterocycles. The number of aromatic nitrogens is 2. The van der Waals surface area contributed by atoms with Gasteiger partial charge in [-0.3, -0.25) is 14.9 Å². The molecule has 2 N–H and O–H groups in total. The van der Waals surface area contributed by atoms with E-state index in [9.17, 15) is 5.11 Å². The third kappa shape index (κ3) is 5.30. The van der Waals surface area contributed by atoms with Crippen LogP contribution in [0.2, 0.25) is 0 Å². The molecule has 0 spiro atoms. The summed E-state index contributed by atoms with van der Waals surface area (Å²) in [5.74, 6) is 1.59. The fourth-order valence-corrected chi connectivity index (χ4v) is 4.45. The Hall–Kier alpha value is -2.87. The Morgan fingerprint density at radius 3 is 2.47 bits per heavy atom. The van der Waals surface area contributed by atoms with Crippen LogP contribution in [0.4, 0.5) is 0 Å². The molecule has 32 heavy (non-hydrogen) atoms. The maximum Gasteiger partial charge on any atom is 0.122 e. The number of aromatic amines is 1. The molecular weight excluding hydrogens is 404 g/mol. The minimum absolute atomic E-state index is 0.178. The predicted molar refractivity (Wildman–Crippen MR) is 125 cm³/mol. The maximum absolute atomic E-state index is 9.70. The number of aliphatic hydroxyl groups excluding tert-OH is 1. The standard InChI is InChI=1S/C25H32N4O3/c1-31-23-12-19(13-24(14-23)32-2)16-29-10-9-28(18-22(29)8-11-30)17-21-15-26-27-25(21)20-6-4-3-5-7-20/h3-7,12-15,22,30H,8-11,16-18H2,1-2H3,(H,26,27)/t22-/m0/s1. The highest BCUT2D eigenvalue weighted by Gasteiger charge is 2.27. The summed E-state index contributed by atoms with van der Waals surface area (Å²) < 4.78 is 10.9. The van der Waals surface area contributed by atoms with Crippen molar-refractivity contribution in [2.24, 2.45) is 0 Å². The number of aliphatic hydroxyl groups is 1. The van der Waals surface area contributed by atoms with Gasteiger partial charge in [-0.1, -0.05) is 30.3 Å². The number of piperazine rings is 1. The molecule has 0 saturated carbocycles. The number of nitrogens with zero attached hydrogens (tertiary/aromatic N) is 3. The van der Waals surface area contributed by atoms with E-state index in [0.717, 1.165) is 67.5 Å². The van der Waals surface area contributed by atoms with Gasteiger partial charge in [-0.05, 0) is 29.7 Å². The van der Waals surface area contributed by atoms with Gasteiger partial charge in [0.2, 0.25) is 0 Å². The fraction of sp³-hybridized carbons (Fsp3) is 0.400. The number of H-pyrrole nitrogens is 1. The molecule has 4 rings (SSSR count). The van der Waals surface area contributed by atoms with Crippen LogP contribution in [0, 0.1) is 0 Å². The molecule has 0 bridgehead atoms. The highest BCUT2D eigenvalue weighted by molar-refractivity contribution is 5.62. The van der Waals surface area contributed by atoms with E-state index in [4.69, 9.17) is 9.47 Å². The molecular formula is C25H32N4O3. The van der Waals surface area contributed by atoms with Crippen LogP contribution >= 0.6 is 0 Å². The summed E-state index contributed by atoms with van der Waals surface area (Å²) in [5.41, 5.74) is 4.58. The third-order valence-electron chi connectivity index (χ3n) is 6.12. The quantitative estimate of drug-likeness (QED) is 0.537. The van der Waals surface area contributed by atoms with Gasteiger partial charge in [0.05, 0.1) is 26.1 Å². The van der Waals surface area contributed by atoms with Crippen LogP contribution in [0.1, 0.15) is 17.5 Å². The van der Waals surface area contributed by atoms with Crippen LogP contribution in [-0.4, -0.2) is 71.6 Å². The molecule has 1 aromatic heterocycles. The molecule has 2 heterocycles. The Morgan fingerprint density at radius 1 is 1.03 bits per heavy atom. The van der Waals surface area contributed by atoms with Gasteiger partial charge in [0.15, 0.2) is 0 Å². The topological polar surface area (TPSA) is 73.9 Å². The molecule has 1 atom stereocenters. The van der Waals surface area contributed by atoms with Crippen LogP contribution in [0.25, 0.3) is 11.3 Å². The maximum atomic E-state index is 9.70. The van der Waals surface area contributed by atoms with Crippen molar-refractivity contribution in [3.8, 4) is 22.8 Å². The van der Waals surface area contributed by atoms with E-state index >= 15 is 0 Å². The zero-order valence-corrected chi connectivity index (χ0v) is 18.8. The van der Waals surface area contributed by atoms with Crippen molar-refractivity contribution >= 4 is 0 Å². The highest BCUT2D eigenvalue weighted by Crippen LogP contribution is 2.27. The van der Waals surface area contributed by atoms with Crippen molar-refractivity contribution in [1.82, 2.24) is 20.0 Å². The molecule has 7 heteroatoms. The number of methoxy groups -OCH3 is 2. The minimum atomic E-state index is 0.178. The van der Waals surface area contributed by atoms with Gasteiger partial charge in [-0.25, -0.2) is 0 Å². The fourth-order valence-electron chi connectivity index (χ4n) is 4.45. The Kier molecular flexibility index (Phi) is 7.42. The first-order chi connectivity index (χ1) is 15.7. The average molecular weight is 437 g/mol. The molecule has 0 unspecified atom stereocenters. The number of benzene rings is 2. The molecule has 1 fully saturated rings. The molecule has 1 saturated heterocycles. The largest absolute Gasteiger partial charge is 0.497 e. The Morgan fingerprint density at radius 2 is 1.78 bits per heavy atom. The molecule has 0 aliphatic carbocycles. The number of rotatable bonds is 9. The SMILES string of the molecule is COc1cc(CN2CCN(Cc3cn[nH]c3-c3ccccc3)C[C@@H]2CCO)cc(OC)c1. The average Bonchev–Trinajstić information content (AvgIpc) is 3.29. The number of hydrogen-bond acceptors (Lipinski definition) is 6. The molecule has 7 nitrogen and oxygen atoms in total. The lowest BCUT2D eigenvalue weighted by Gasteiger charge is -2.41. The monoisotopic (exact) mass is 436 g/mol. The highest BCUT2D eigenvalue weighted by atomic mass is 16.5. The molecule has 2 aromatic carbocycles. The zero-order chi connectivity index (χ0) is 22.3. The summed E-state index contributed by atoms with van der Waals surface area (Å²) in [6, 6.07) is 16.6. The van der Waals surface area contributed by atoms with E-state index in [0.29, 0.717) is 0 Å². The zero-order valence-electron chi connectivity index (χ0n) is 18.8. The summed E-state index contributed by atoms with van der Waals surface area (Å²) in [6.07, 6.45) is 2.67. The summed E-state index contributed by atoms with van der Waals surface area (Å²) >= 11 is 0. The Bertz CT molecular complexity index is 970. The smallest absolute Gasteiger partial charge is 0.122 e. The van der Waals surface area contributed by atoms with Gasteiger partial charge >= 0.3 is 0 Å². The first-order valence-corrected chi connectivity index (χ1v) is 11.1. The van der Waals surface area contributed by atoms with Crippen LogP contribution in [0.15, 0.2) is 54.7 Å². The Balaban J connectivity index is 1.45. The van der Waals surface area contributed by atoms with E-state index in [1.165, 1.54) is 5.56 Å². The van der Waals surface area contributed by atoms with Crippen LogP contribution in [0.5, 0.6) is 11.5 Å². The van der Waals surface area contributed by atoms with Crippen molar-refractivity contribution in [1.29, 1.82) is 0 Å². The van der Waals surface area contributed by atoms with E-state index in [1.54, 1.807) is 14.2 Å². The van der Waals surface area contributed by atoms with Crippen molar-refractivity contribution in [2.45, 2.75) is 25.6 Å². The van der Waals surface area contributed by atoms with Crippen LogP contribution in [0.3, 0.4) is 0 Å². The van der Waals surface area contributed by atoms with Crippen molar-refractivity contribution in [3.63, 3.8) is 0 Å². The van der Waals surface area contributed by atoms with Gasteiger partial charge in [0.25, 0.3) is 0 Å². The van der Waals surface area contributed by atoms with Crippen molar-refractivity contribution < 1.29 is 14.6 Å². The van der Waals surface area contributed by atoms with Gasteiger partial charge in [0.1, 0.15) is 11.5 Å². The van der Waals surface area contributed by atoms with Crippen molar-refractivity contribution in [2.75, 3.05) is 40.5 Å². The lowest BCUT2D eigenvalue weighted by molar-refractivity contribution is 0.0500. The van der Waals surface area contributed by atoms with Gasteiger partial charge < -0.3 is 14.6 Å². The van der Waals surface area contributed by atoms with E-state index in [2.05, 4.69) is 44.3 Å². The van der Waals surface area contributed by atoms with E-state index in [1.807, 2.05) is 30.5 Å². The van der Waals surface area contributed by atoms with Gasteiger partial charge in [-0.15, -0.1) is 0 Å². The molecule has 3 aromatic rings. The minimum Gasteiger partial charge on any atom is -0.497 e. The van der Waals surface area contributed by atoms with E-state index in [-0.39, 0.29) is 12.6 Å².